The number of hydrogen-bond donors (Lipinski definition) is 2. The summed E-state index contributed by atoms with van der Waals surface area (Å²) in [4.78, 5) is 40.5. The monoisotopic (exact) mass is 429 g/mol. The van der Waals surface area contributed by atoms with Crippen LogP contribution in [0.3, 0.4) is 0 Å². The Kier molecular flexibility index (Phi) is 6.08. The second-order valence-electron chi connectivity index (χ2n) is 9.95. The summed E-state index contributed by atoms with van der Waals surface area (Å²) in [6.07, 6.45) is 9.60. The van der Waals surface area contributed by atoms with Gasteiger partial charge in [0.25, 0.3) is 11.8 Å². The van der Waals surface area contributed by atoms with Crippen molar-refractivity contribution in [3.8, 4) is 0 Å². The molecule has 1 aromatic rings. The van der Waals surface area contributed by atoms with E-state index in [1.807, 2.05) is 0 Å². The highest BCUT2D eigenvalue weighted by Gasteiger charge is 2.46. The Morgan fingerprint density at radius 1 is 1.03 bits per heavy atom. The highest BCUT2D eigenvalue weighted by Crippen LogP contribution is 2.28. The van der Waals surface area contributed by atoms with Crippen LogP contribution in [0.5, 0.6) is 0 Å². The first kappa shape index (κ1) is 21.8. The summed E-state index contributed by atoms with van der Waals surface area (Å²) in [7, 11) is 1.65. The van der Waals surface area contributed by atoms with E-state index in [9.17, 15) is 14.4 Å². The lowest BCUT2D eigenvalue weighted by atomic mass is 9.87. The van der Waals surface area contributed by atoms with Gasteiger partial charge in [0.1, 0.15) is 11.2 Å². The molecular weight excluding hydrogens is 394 g/mol. The zero-order chi connectivity index (χ0) is 22.2. The summed E-state index contributed by atoms with van der Waals surface area (Å²) < 4.78 is 1.53. The molecule has 2 saturated carbocycles. The van der Waals surface area contributed by atoms with Crippen molar-refractivity contribution in [2.45, 2.75) is 95.8 Å². The van der Waals surface area contributed by atoms with Crippen LogP contribution in [0.1, 0.15) is 92.6 Å². The number of rotatable bonds is 4. The molecule has 0 spiro atoms. The molecule has 170 valence electrons. The van der Waals surface area contributed by atoms with E-state index in [1.54, 1.807) is 20.0 Å². The molecule has 2 heterocycles. The Morgan fingerprint density at radius 2 is 1.68 bits per heavy atom. The second kappa shape index (κ2) is 8.63. The lowest BCUT2D eigenvalue weighted by molar-refractivity contribution is -0.133. The molecular formula is C23H35N5O3. The van der Waals surface area contributed by atoms with Crippen LogP contribution in [0, 0.1) is 5.92 Å². The molecule has 3 amide bonds. The number of nitrogens with one attached hydrogen (secondary N) is 2. The third kappa shape index (κ3) is 4.34. The van der Waals surface area contributed by atoms with Crippen LogP contribution in [-0.4, -0.2) is 57.1 Å². The van der Waals surface area contributed by atoms with Gasteiger partial charge >= 0.3 is 0 Å². The Hall–Kier alpha value is -2.38. The van der Waals surface area contributed by atoms with E-state index in [1.165, 1.54) is 16.0 Å². The highest BCUT2D eigenvalue weighted by molar-refractivity contribution is 6.01. The average Bonchev–Trinajstić information content (AvgIpc) is 3.18. The van der Waals surface area contributed by atoms with Gasteiger partial charge in [-0.25, -0.2) is 0 Å². The average molecular weight is 430 g/mol. The lowest BCUT2D eigenvalue weighted by Crippen LogP contribution is -2.63. The number of amides is 3. The molecule has 0 unspecified atom stereocenters. The summed E-state index contributed by atoms with van der Waals surface area (Å²) in [6, 6.07) is 1.88. The van der Waals surface area contributed by atoms with E-state index in [4.69, 9.17) is 0 Å². The van der Waals surface area contributed by atoms with Gasteiger partial charge < -0.3 is 15.5 Å². The maximum Gasteiger partial charge on any atom is 0.272 e. The number of likely N-dealkylation sites (N-methyl/N-ethyl adjacent to an activating group) is 1. The van der Waals surface area contributed by atoms with Gasteiger partial charge in [-0.1, -0.05) is 26.2 Å². The Morgan fingerprint density at radius 3 is 2.35 bits per heavy atom. The fourth-order valence-electron chi connectivity index (χ4n) is 5.09. The molecule has 0 aromatic carbocycles. The number of aromatic nitrogens is 2. The SMILES string of the molecule is CC1CCC(NC(=O)c2cc3n(n2)C[C@@](C)(C(=O)NC2CCCCC2)N(C)C3=O)CC1. The topological polar surface area (TPSA) is 96.3 Å². The van der Waals surface area contributed by atoms with Gasteiger partial charge in [0, 0.05) is 25.2 Å². The number of carbonyl (C=O) groups is 3. The number of hydrogen-bond acceptors (Lipinski definition) is 4. The predicted molar refractivity (Wildman–Crippen MR) is 117 cm³/mol. The van der Waals surface area contributed by atoms with Crippen molar-refractivity contribution < 1.29 is 14.4 Å². The molecule has 3 aliphatic rings. The lowest BCUT2D eigenvalue weighted by Gasteiger charge is -2.41. The zero-order valence-corrected chi connectivity index (χ0v) is 18.9. The minimum atomic E-state index is -1.04. The molecule has 1 aromatic heterocycles. The maximum atomic E-state index is 13.2. The van der Waals surface area contributed by atoms with Crippen molar-refractivity contribution >= 4 is 17.7 Å². The molecule has 2 N–H and O–H groups in total. The summed E-state index contributed by atoms with van der Waals surface area (Å²) in [5.41, 5.74) is -0.443. The summed E-state index contributed by atoms with van der Waals surface area (Å²) in [5.74, 6) is 0.0215. The van der Waals surface area contributed by atoms with Gasteiger partial charge in [0.15, 0.2) is 5.69 Å². The van der Waals surface area contributed by atoms with Crippen LogP contribution in [0.2, 0.25) is 0 Å². The van der Waals surface area contributed by atoms with Gasteiger partial charge in [0.05, 0.1) is 6.54 Å². The van der Waals surface area contributed by atoms with E-state index in [0.29, 0.717) is 11.6 Å². The molecule has 2 aliphatic carbocycles. The van der Waals surface area contributed by atoms with Crippen LogP contribution in [0.25, 0.3) is 0 Å². The maximum absolute atomic E-state index is 13.2. The largest absolute Gasteiger partial charge is 0.351 e. The molecule has 0 radical (unpaired) electrons. The van der Waals surface area contributed by atoms with E-state index in [-0.39, 0.29) is 42.0 Å². The fraction of sp³-hybridized carbons (Fsp3) is 0.739. The zero-order valence-electron chi connectivity index (χ0n) is 18.9. The van der Waals surface area contributed by atoms with Gasteiger partial charge in [-0.15, -0.1) is 0 Å². The van der Waals surface area contributed by atoms with Crippen molar-refractivity contribution in [1.29, 1.82) is 0 Å². The number of carbonyl (C=O) groups excluding carboxylic acids is 3. The van der Waals surface area contributed by atoms with E-state index >= 15 is 0 Å². The third-order valence-corrected chi connectivity index (χ3v) is 7.51. The van der Waals surface area contributed by atoms with Crippen LogP contribution in [0.4, 0.5) is 0 Å². The normalized spacial score (nSPS) is 29.4. The molecule has 4 rings (SSSR count). The molecule has 1 atom stereocenters. The second-order valence-corrected chi connectivity index (χ2v) is 9.95. The molecule has 31 heavy (non-hydrogen) atoms. The molecule has 0 saturated heterocycles. The first-order valence-corrected chi connectivity index (χ1v) is 11.8. The highest BCUT2D eigenvalue weighted by atomic mass is 16.2. The minimum Gasteiger partial charge on any atom is -0.351 e. The smallest absolute Gasteiger partial charge is 0.272 e. The van der Waals surface area contributed by atoms with Crippen LogP contribution >= 0.6 is 0 Å². The van der Waals surface area contributed by atoms with Gasteiger partial charge in [-0.2, -0.15) is 5.10 Å². The number of fused-ring (bicyclic) bond motifs is 1. The Labute approximate surface area is 184 Å². The summed E-state index contributed by atoms with van der Waals surface area (Å²) >= 11 is 0. The first-order chi connectivity index (χ1) is 14.8. The Bertz CT molecular complexity index is 851. The molecule has 8 nitrogen and oxygen atoms in total. The molecule has 2 fully saturated rings. The minimum absolute atomic E-state index is 0.154. The quantitative estimate of drug-likeness (QED) is 0.769. The third-order valence-electron chi connectivity index (χ3n) is 7.51. The van der Waals surface area contributed by atoms with Gasteiger partial charge in [0.2, 0.25) is 5.91 Å². The summed E-state index contributed by atoms with van der Waals surface area (Å²) in [5, 5.41) is 10.6. The molecule has 1 aliphatic heterocycles. The van der Waals surface area contributed by atoms with Crippen molar-refractivity contribution in [2.24, 2.45) is 5.92 Å². The van der Waals surface area contributed by atoms with E-state index in [2.05, 4.69) is 22.7 Å². The summed E-state index contributed by atoms with van der Waals surface area (Å²) in [6.45, 7) is 4.25. The molecule has 0 bridgehead atoms. The fourth-order valence-corrected chi connectivity index (χ4v) is 5.09. The van der Waals surface area contributed by atoms with E-state index < -0.39 is 5.54 Å². The predicted octanol–water partition coefficient (Wildman–Crippen LogP) is 2.48. The van der Waals surface area contributed by atoms with Crippen LogP contribution < -0.4 is 10.6 Å². The van der Waals surface area contributed by atoms with Crippen LogP contribution in [0.15, 0.2) is 6.07 Å². The van der Waals surface area contributed by atoms with Gasteiger partial charge in [-0.05, 0) is 51.4 Å². The van der Waals surface area contributed by atoms with Crippen molar-refractivity contribution in [3.05, 3.63) is 17.5 Å². The van der Waals surface area contributed by atoms with Crippen molar-refractivity contribution in [1.82, 2.24) is 25.3 Å². The van der Waals surface area contributed by atoms with Gasteiger partial charge in [-0.3, -0.25) is 19.1 Å². The van der Waals surface area contributed by atoms with Crippen molar-refractivity contribution in [3.63, 3.8) is 0 Å². The number of nitrogens with zero attached hydrogens (tertiary/aromatic N) is 3. The first-order valence-electron chi connectivity index (χ1n) is 11.8. The standard InChI is InChI=1S/C23H35N5O3/c1-15-9-11-17(12-10-15)24-20(29)18-13-19-21(30)27(3)23(2,14-28(19)26-18)22(31)25-16-7-5-4-6-8-16/h13,15-17H,4-12,14H2,1-3H3,(H,24,29)(H,25,31)/t15?,17?,23-/m0/s1. The van der Waals surface area contributed by atoms with Crippen molar-refractivity contribution in [2.75, 3.05) is 7.05 Å². The molecule has 8 heteroatoms. The van der Waals surface area contributed by atoms with E-state index in [0.717, 1.165) is 51.4 Å². The van der Waals surface area contributed by atoms with Crippen LogP contribution in [-0.2, 0) is 11.3 Å². The Balaban J connectivity index is 1.47.